The van der Waals surface area contributed by atoms with Crippen molar-refractivity contribution in [2.75, 3.05) is 6.61 Å². The van der Waals surface area contributed by atoms with Crippen LogP contribution >= 0.6 is 11.6 Å². The van der Waals surface area contributed by atoms with Gasteiger partial charge in [0.25, 0.3) is 5.91 Å². The molecular weight excluding hydrogens is 318 g/mol. The highest BCUT2D eigenvalue weighted by molar-refractivity contribution is 6.29. The first kappa shape index (κ1) is 16.0. The molecule has 124 valence electrons. The molecule has 3 rings (SSSR count). The van der Waals surface area contributed by atoms with Crippen LogP contribution in [0.1, 0.15) is 41.9 Å². The van der Waals surface area contributed by atoms with E-state index in [1.807, 2.05) is 17.8 Å². The SMILES string of the molecule is CCn1cc([C@@H]2OCCC[C@H]2NC(=O)c2cc(Cl)n(C)n2)cn1. The summed E-state index contributed by atoms with van der Waals surface area (Å²) in [5.74, 6) is -0.240. The van der Waals surface area contributed by atoms with Crippen molar-refractivity contribution >= 4 is 17.5 Å². The normalized spacial score (nSPS) is 21.3. The first-order valence-electron chi connectivity index (χ1n) is 7.73. The van der Waals surface area contributed by atoms with Gasteiger partial charge in [-0.05, 0) is 19.8 Å². The molecule has 0 aromatic carbocycles. The number of aryl methyl sites for hydroxylation is 2. The number of amides is 1. The van der Waals surface area contributed by atoms with Gasteiger partial charge in [-0.25, -0.2) is 0 Å². The average molecular weight is 338 g/mol. The summed E-state index contributed by atoms with van der Waals surface area (Å²) >= 11 is 5.94. The van der Waals surface area contributed by atoms with Gasteiger partial charge in [0.05, 0.1) is 12.2 Å². The number of aromatic nitrogens is 4. The minimum atomic E-state index is -0.240. The van der Waals surface area contributed by atoms with E-state index in [0.717, 1.165) is 24.9 Å². The predicted molar refractivity (Wildman–Crippen MR) is 85.3 cm³/mol. The lowest BCUT2D eigenvalue weighted by Crippen LogP contribution is -2.42. The molecule has 23 heavy (non-hydrogen) atoms. The number of hydrogen-bond acceptors (Lipinski definition) is 4. The summed E-state index contributed by atoms with van der Waals surface area (Å²) in [6.07, 6.45) is 5.34. The molecule has 1 saturated heterocycles. The van der Waals surface area contributed by atoms with E-state index in [9.17, 15) is 4.79 Å². The lowest BCUT2D eigenvalue weighted by molar-refractivity contribution is -0.00956. The highest BCUT2D eigenvalue weighted by Crippen LogP contribution is 2.28. The van der Waals surface area contributed by atoms with Crippen molar-refractivity contribution in [3.8, 4) is 0 Å². The standard InChI is InChI=1S/C15H20ClN5O2/c1-3-21-9-10(8-17-21)14-11(5-4-6-23-14)18-15(22)12-7-13(16)20(2)19-12/h7-9,11,14H,3-6H2,1-2H3,(H,18,22)/t11-,14+/m1/s1. The molecular formula is C15H20ClN5O2. The maximum atomic E-state index is 12.4. The third-order valence-corrected chi connectivity index (χ3v) is 4.35. The molecule has 0 aliphatic carbocycles. The fourth-order valence-corrected chi connectivity index (χ4v) is 2.90. The molecule has 3 heterocycles. The zero-order valence-electron chi connectivity index (χ0n) is 13.2. The Morgan fingerprint density at radius 2 is 2.39 bits per heavy atom. The predicted octanol–water partition coefficient (Wildman–Crippen LogP) is 1.94. The van der Waals surface area contributed by atoms with E-state index in [2.05, 4.69) is 15.5 Å². The number of rotatable bonds is 4. The molecule has 7 nitrogen and oxygen atoms in total. The molecule has 0 spiro atoms. The lowest BCUT2D eigenvalue weighted by Gasteiger charge is -2.31. The van der Waals surface area contributed by atoms with Crippen LogP contribution in [0.2, 0.25) is 5.15 Å². The summed E-state index contributed by atoms with van der Waals surface area (Å²) in [4.78, 5) is 12.4. The van der Waals surface area contributed by atoms with Crippen LogP contribution in [0.25, 0.3) is 0 Å². The topological polar surface area (TPSA) is 74.0 Å². The number of carbonyl (C=O) groups excluding carboxylic acids is 1. The Hall–Kier alpha value is -1.86. The highest BCUT2D eigenvalue weighted by atomic mass is 35.5. The largest absolute Gasteiger partial charge is 0.371 e. The molecule has 0 bridgehead atoms. The zero-order chi connectivity index (χ0) is 16.4. The van der Waals surface area contributed by atoms with E-state index >= 15 is 0 Å². The van der Waals surface area contributed by atoms with E-state index in [-0.39, 0.29) is 18.1 Å². The van der Waals surface area contributed by atoms with Gasteiger partial charge in [-0.1, -0.05) is 11.6 Å². The van der Waals surface area contributed by atoms with Crippen LogP contribution in [0, 0.1) is 0 Å². The van der Waals surface area contributed by atoms with Crippen LogP contribution < -0.4 is 5.32 Å². The second-order valence-corrected chi connectivity index (χ2v) is 6.01. The van der Waals surface area contributed by atoms with Crippen LogP contribution in [0.15, 0.2) is 18.5 Å². The van der Waals surface area contributed by atoms with Crippen molar-refractivity contribution in [3.63, 3.8) is 0 Å². The molecule has 1 fully saturated rings. The van der Waals surface area contributed by atoms with Crippen LogP contribution in [0.5, 0.6) is 0 Å². The first-order chi connectivity index (χ1) is 11.1. The van der Waals surface area contributed by atoms with E-state index in [4.69, 9.17) is 16.3 Å². The quantitative estimate of drug-likeness (QED) is 0.925. The third-order valence-electron chi connectivity index (χ3n) is 4.00. The molecule has 1 aliphatic heterocycles. The smallest absolute Gasteiger partial charge is 0.272 e. The molecule has 1 aliphatic rings. The maximum Gasteiger partial charge on any atom is 0.272 e. The van der Waals surface area contributed by atoms with Crippen molar-refractivity contribution < 1.29 is 9.53 Å². The van der Waals surface area contributed by atoms with Crippen LogP contribution in [-0.2, 0) is 18.3 Å². The number of ether oxygens (including phenoxy) is 1. The Balaban J connectivity index is 1.74. The average Bonchev–Trinajstić information content (AvgIpc) is 3.15. The van der Waals surface area contributed by atoms with E-state index < -0.39 is 0 Å². The molecule has 1 N–H and O–H groups in total. The second-order valence-electron chi connectivity index (χ2n) is 5.62. The van der Waals surface area contributed by atoms with Crippen molar-refractivity contribution in [1.82, 2.24) is 24.9 Å². The molecule has 0 unspecified atom stereocenters. The molecule has 0 radical (unpaired) electrons. The summed E-state index contributed by atoms with van der Waals surface area (Å²) in [5, 5.41) is 11.8. The third kappa shape index (κ3) is 3.40. The number of nitrogens with one attached hydrogen (secondary N) is 1. The van der Waals surface area contributed by atoms with Crippen molar-refractivity contribution in [3.05, 3.63) is 34.9 Å². The van der Waals surface area contributed by atoms with E-state index in [1.165, 1.54) is 4.68 Å². The van der Waals surface area contributed by atoms with Gasteiger partial charge in [0, 0.05) is 38.0 Å². The fourth-order valence-electron chi connectivity index (χ4n) is 2.75. The van der Waals surface area contributed by atoms with Crippen LogP contribution in [0.3, 0.4) is 0 Å². The first-order valence-corrected chi connectivity index (χ1v) is 8.10. The van der Waals surface area contributed by atoms with Crippen molar-refractivity contribution in [2.24, 2.45) is 7.05 Å². The summed E-state index contributed by atoms with van der Waals surface area (Å²) in [7, 11) is 1.70. The van der Waals surface area contributed by atoms with Gasteiger partial charge in [0.1, 0.15) is 11.3 Å². The number of nitrogens with zero attached hydrogens (tertiary/aromatic N) is 4. The summed E-state index contributed by atoms with van der Waals surface area (Å²) in [5.41, 5.74) is 1.29. The van der Waals surface area contributed by atoms with Gasteiger partial charge in [-0.15, -0.1) is 0 Å². The Morgan fingerprint density at radius 3 is 3.04 bits per heavy atom. The van der Waals surface area contributed by atoms with Crippen molar-refractivity contribution in [1.29, 1.82) is 0 Å². The van der Waals surface area contributed by atoms with Gasteiger partial charge in [0.15, 0.2) is 5.69 Å². The van der Waals surface area contributed by atoms with Gasteiger partial charge >= 0.3 is 0 Å². The molecule has 2 aromatic heterocycles. The molecule has 0 saturated carbocycles. The van der Waals surface area contributed by atoms with Crippen LogP contribution in [0.4, 0.5) is 0 Å². The van der Waals surface area contributed by atoms with Gasteiger partial charge in [0.2, 0.25) is 0 Å². The zero-order valence-corrected chi connectivity index (χ0v) is 14.0. The fraction of sp³-hybridized carbons (Fsp3) is 0.533. The summed E-state index contributed by atoms with van der Waals surface area (Å²) in [6.45, 7) is 3.52. The highest BCUT2D eigenvalue weighted by Gasteiger charge is 2.30. The molecule has 2 aromatic rings. The Labute approximate surface area is 139 Å². The van der Waals surface area contributed by atoms with Gasteiger partial charge < -0.3 is 10.1 Å². The Bertz CT molecular complexity index is 676. The van der Waals surface area contributed by atoms with Gasteiger partial charge in [-0.3, -0.25) is 14.2 Å². The molecule has 2 atom stereocenters. The van der Waals surface area contributed by atoms with E-state index in [0.29, 0.717) is 17.5 Å². The van der Waals surface area contributed by atoms with Gasteiger partial charge in [-0.2, -0.15) is 10.2 Å². The monoisotopic (exact) mass is 337 g/mol. The number of hydrogen-bond donors (Lipinski definition) is 1. The minimum Gasteiger partial charge on any atom is -0.371 e. The Morgan fingerprint density at radius 1 is 1.57 bits per heavy atom. The lowest BCUT2D eigenvalue weighted by atomic mass is 9.98. The van der Waals surface area contributed by atoms with E-state index in [1.54, 1.807) is 19.3 Å². The summed E-state index contributed by atoms with van der Waals surface area (Å²) in [6, 6.07) is 1.46. The minimum absolute atomic E-state index is 0.105. The van der Waals surface area contributed by atoms with Crippen LogP contribution in [-0.4, -0.2) is 38.1 Å². The maximum absolute atomic E-state index is 12.4. The van der Waals surface area contributed by atoms with Crippen molar-refractivity contribution in [2.45, 2.75) is 38.5 Å². The summed E-state index contributed by atoms with van der Waals surface area (Å²) < 4.78 is 9.20. The Kier molecular flexibility index (Phi) is 4.68. The molecule has 1 amide bonds. The number of carbonyl (C=O) groups is 1. The molecule has 8 heteroatoms. The number of halogens is 1. The second kappa shape index (κ2) is 6.72.